The largest absolute Gasteiger partial charge is 0.464 e. The molecular weight excluding hydrogens is 1210 g/mol. The minimum atomic E-state index is -1.58. The molecule has 14 nitrogen and oxygen atoms in total. The van der Waals surface area contributed by atoms with Crippen LogP contribution >= 0.6 is 15.9 Å². The number of aldehydes is 1. The van der Waals surface area contributed by atoms with Crippen molar-refractivity contribution in [3.63, 3.8) is 0 Å². The molecule has 2 N–H and O–H groups in total. The molecule has 0 amide bonds. The van der Waals surface area contributed by atoms with Gasteiger partial charge in [0.15, 0.2) is 25.0 Å². The number of esters is 2. The van der Waals surface area contributed by atoms with Crippen LogP contribution in [0.4, 0.5) is 0 Å². The number of rotatable bonds is 25. The van der Waals surface area contributed by atoms with Crippen molar-refractivity contribution >= 4 is 50.3 Å². The number of halogens is 1. The van der Waals surface area contributed by atoms with Crippen LogP contribution in [0.3, 0.4) is 0 Å². The summed E-state index contributed by atoms with van der Waals surface area (Å²) >= 11 is 3.40. The van der Waals surface area contributed by atoms with E-state index in [9.17, 15) is 14.4 Å². The smallest absolute Gasteiger partial charge is 0.335 e. The van der Waals surface area contributed by atoms with Gasteiger partial charge in [-0.2, -0.15) is 0 Å². The first kappa shape index (κ1) is 94.2. The van der Waals surface area contributed by atoms with E-state index in [0.29, 0.717) is 36.4 Å². The number of allylic oxidation sites excluding steroid dienone is 3. The molecule has 0 aromatic heterocycles. The van der Waals surface area contributed by atoms with Crippen molar-refractivity contribution in [3.05, 3.63) is 36.5 Å². The molecule has 3 aliphatic rings. The number of ether oxygens (including phenoxy) is 9. The van der Waals surface area contributed by atoms with E-state index >= 15 is 0 Å². The predicted molar refractivity (Wildman–Crippen MR) is 377 cm³/mol. The monoisotopic (exact) mass is 1350 g/mol. The van der Waals surface area contributed by atoms with Crippen molar-refractivity contribution in [2.75, 3.05) is 45.0 Å². The fourth-order valence-electron chi connectivity index (χ4n) is 10.3. The lowest BCUT2D eigenvalue weighted by molar-refractivity contribution is -0.200. The molecule has 3 aliphatic heterocycles. The molecule has 0 spiro atoms. The van der Waals surface area contributed by atoms with E-state index in [4.69, 9.17) is 48.1 Å². The molecule has 0 aromatic rings. The van der Waals surface area contributed by atoms with Crippen molar-refractivity contribution in [3.8, 4) is 22.9 Å². The van der Waals surface area contributed by atoms with Crippen LogP contribution in [0.2, 0.25) is 33.2 Å². The molecule has 17 heteroatoms. The highest BCUT2D eigenvalue weighted by molar-refractivity contribution is 9.09. The highest BCUT2D eigenvalue weighted by atomic mass is 79.9. The Labute approximate surface area is 551 Å². The Kier molecular flexibility index (Phi) is 63.7. The van der Waals surface area contributed by atoms with Crippen LogP contribution in [0.1, 0.15) is 244 Å². The van der Waals surface area contributed by atoms with Gasteiger partial charge in [0.05, 0.1) is 36.9 Å². The SMILES string of the molecule is C.CC(C)[Si](C#CCBr)(C(C)C)C(C)C.CC/C=C\[C@H](C)O.CC/C=C\[C@H](C)OC1CCCCO1.CC/C=C\[C@H](C)OCC#C[Si](C(C)C)(C(C)C)C(C)C.CCOC(=O)[C@H](C)O.CCOC(=O)[C@H](C)OC1CCCCO1.C[C@@H](C=O)OC1CCCCO1. The Morgan fingerprint density at radius 1 is 0.511 bits per heavy atom. The number of alkyl halides is 1. The number of hydrogen-bond donors (Lipinski definition) is 2. The molecule has 88 heavy (non-hydrogen) atoms. The van der Waals surface area contributed by atoms with E-state index < -0.39 is 34.3 Å². The summed E-state index contributed by atoms with van der Waals surface area (Å²) in [6.45, 7) is 52.1. The van der Waals surface area contributed by atoms with E-state index in [2.05, 4.69) is 179 Å². The fourth-order valence-corrected chi connectivity index (χ4v) is 21.2. The Bertz CT molecular complexity index is 1820. The van der Waals surface area contributed by atoms with Crippen LogP contribution in [0.5, 0.6) is 0 Å². The summed E-state index contributed by atoms with van der Waals surface area (Å²) in [7, 11) is -3.02. The molecule has 3 saturated heterocycles. The lowest BCUT2D eigenvalue weighted by Crippen LogP contribution is -2.43. The second-order valence-electron chi connectivity index (χ2n) is 24.0. The van der Waals surface area contributed by atoms with Gasteiger partial charge in [-0.3, -0.25) is 0 Å². The third kappa shape index (κ3) is 46.5. The number of aliphatic hydroxyl groups is 2. The number of carbonyl (C=O) groups excluding carboxylic acids is 3. The molecule has 518 valence electrons. The van der Waals surface area contributed by atoms with Gasteiger partial charge in [-0.1, -0.05) is 176 Å². The average molecular weight is 1350 g/mol. The van der Waals surface area contributed by atoms with E-state index in [-0.39, 0.29) is 56.7 Å². The van der Waals surface area contributed by atoms with Crippen LogP contribution in [0.15, 0.2) is 36.5 Å². The first-order valence-corrected chi connectivity index (χ1v) is 38.7. The molecule has 3 heterocycles. The first-order chi connectivity index (χ1) is 41.0. The van der Waals surface area contributed by atoms with Crippen LogP contribution in [0, 0.1) is 22.9 Å². The van der Waals surface area contributed by atoms with E-state index in [1.54, 1.807) is 40.7 Å². The van der Waals surface area contributed by atoms with Crippen molar-refractivity contribution in [2.24, 2.45) is 0 Å². The van der Waals surface area contributed by atoms with Gasteiger partial charge in [0.2, 0.25) is 0 Å². The molecule has 9 atom stereocenters. The summed E-state index contributed by atoms with van der Waals surface area (Å²) < 4.78 is 47.4. The summed E-state index contributed by atoms with van der Waals surface area (Å²) in [5.41, 5.74) is 11.6. The van der Waals surface area contributed by atoms with E-state index in [1.807, 2.05) is 13.0 Å². The van der Waals surface area contributed by atoms with Crippen molar-refractivity contribution in [1.82, 2.24) is 0 Å². The minimum Gasteiger partial charge on any atom is -0.464 e. The summed E-state index contributed by atoms with van der Waals surface area (Å²) in [4.78, 5) is 31.7. The summed E-state index contributed by atoms with van der Waals surface area (Å²) in [5, 5.41) is 17.9. The van der Waals surface area contributed by atoms with Crippen LogP contribution in [-0.4, -0.2) is 145 Å². The molecule has 0 aliphatic carbocycles. The summed E-state index contributed by atoms with van der Waals surface area (Å²) in [5.74, 6) is 5.71. The average Bonchev–Trinajstić information content (AvgIpc) is 1.73. The zero-order valence-electron chi connectivity index (χ0n) is 59.3. The van der Waals surface area contributed by atoms with Crippen molar-refractivity contribution < 1.29 is 67.2 Å². The quantitative estimate of drug-likeness (QED) is 0.0221. The zero-order chi connectivity index (χ0) is 67.4. The Morgan fingerprint density at radius 3 is 1.16 bits per heavy atom. The molecule has 3 fully saturated rings. The number of hydrogen-bond acceptors (Lipinski definition) is 14. The molecule has 3 rings (SSSR count). The van der Waals surface area contributed by atoms with Crippen LogP contribution in [0.25, 0.3) is 0 Å². The van der Waals surface area contributed by atoms with Gasteiger partial charge in [0.25, 0.3) is 0 Å². The van der Waals surface area contributed by atoms with Gasteiger partial charge in [-0.15, -0.1) is 11.1 Å². The third-order valence-electron chi connectivity index (χ3n) is 14.7. The predicted octanol–water partition coefficient (Wildman–Crippen LogP) is 17.6. The molecule has 0 radical (unpaired) electrons. The van der Waals surface area contributed by atoms with Gasteiger partial charge in [0, 0.05) is 19.8 Å². The fraction of sp³-hybridized carbons (Fsp3) is 0.817. The normalized spacial score (nSPS) is 18.8. The topological polar surface area (TPSA) is 175 Å². The number of carbonyl (C=O) groups is 3. The maximum absolute atomic E-state index is 11.2. The van der Waals surface area contributed by atoms with Gasteiger partial charge in [-0.25, -0.2) is 9.59 Å². The van der Waals surface area contributed by atoms with Gasteiger partial charge in [0.1, 0.15) is 41.2 Å². The zero-order valence-corrected chi connectivity index (χ0v) is 62.9. The van der Waals surface area contributed by atoms with Crippen LogP contribution < -0.4 is 0 Å². The highest BCUT2D eigenvalue weighted by Crippen LogP contribution is 2.41. The van der Waals surface area contributed by atoms with Gasteiger partial charge < -0.3 is 57.6 Å². The van der Waals surface area contributed by atoms with E-state index in [0.717, 1.165) is 112 Å². The highest BCUT2D eigenvalue weighted by Gasteiger charge is 2.42. The summed E-state index contributed by atoms with van der Waals surface area (Å²) in [6.07, 6.45) is 23.7. The second kappa shape index (κ2) is 59.5. The molecule has 0 saturated carbocycles. The Balaban J connectivity index is -0.000000310. The Hall–Kier alpha value is -2.50. The lowest BCUT2D eigenvalue weighted by atomic mass is 10.2. The third-order valence-corrected chi connectivity index (χ3v) is 27.7. The maximum atomic E-state index is 11.2. The maximum Gasteiger partial charge on any atom is 0.335 e. The lowest BCUT2D eigenvalue weighted by Gasteiger charge is -2.38. The van der Waals surface area contributed by atoms with Crippen LogP contribution in [-0.2, 0) is 57.0 Å². The minimum absolute atomic E-state index is 0. The standard InChI is InChI=1S/C18H34OSi.C12H23BrSi.C11H20O2.C10H18O4.C8H14O3.C6H12O.C5H10O3.CH4/c1-9-10-12-18(8)19-13-11-14-20(15(2)3,16(4)5)17(6)7;1-10(2)14(11(3)4,12(5)6)9-7-8-13;1-3-4-7-10(2)13-11-8-5-6-9-12-11;1-3-12-10(11)8(2)14-9-6-4-5-7-13-9;1-7(6-9)11-8-4-2-3-5-10-8;1-3-4-5-6(2)7;1-3-8-5(7)4(2)6;/h10,12,15-18H,9,13H2,1-8H3;10-12H,8H2,1-6H3;4,7,10-11H,3,5-6,8-9H2,1-2H3;8-9H,3-7H2,1-2H3;6-8H,2-5H2,1H3;4-7H,3H2,1-2H3;4,6H,3H2,1-2H3;1H4/b12-10-;;7-4-;;;5-4-;;/t18-;;10-,11?;8-,9?;7-,8?;6-;4-;/m0.00000./s1. The van der Waals surface area contributed by atoms with Gasteiger partial charge >= 0.3 is 11.9 Å². The molecule has 0 bridgehead atoms. The van der Waals surface area contributed by atoms with E-state index in [1.165, 1.54) is 19.8 Å². The second-order valence-corrected chi connectivity index (χ2v) is 35.7. The number of aliphatic hydroxyl groups excluding tert-OH is 2. The van der Waals surface area contributed by atoms with Crippen molar-refractivity contribution in [2.45, 2.75) is 332 Å². The van der Waals surface area contributed by atoms with Crippen molar-refractivity contribution in [1.29, 1.82) is 0 Å². The molecule has 0 aromatic carbocycles. The Morgan fingerprint density at radius 2 is 0.864 bits per heavy atom. The first-order valence-electron chi connectivity index (χ1n) is 33.2. The molecular formula is C71H135BrO14Si2. The molecule has 3 unspecified atom stereocenters. The summed E-state index contributed by atoms with van der Waals surface area (Å²) in [6, 6.07) is 0. The van der Waals surface area contributed by atoms with Gasteiger partial charge in [-0.05, 0) is 166 Å².